The molecule has 0 saturated heterocycles. The number of aryl methyl sites for hydroxylation is 2. The Hall–Kier alpha value is -2.11. The molecule has 78 valence electrons. The first-order valence-corrected chi connectivity index (χ1v) is 4.26. The van der Waals surface area contributed by atoms with Crippen molar-refractivity contribution < 1.29 is 5.11 Å². The van der Waals surface area contributed by atoms with Crippen molar-refractivity contribution in [1.82, 2.24) is 14.1 Å². The molecule has 0 aliphatic rings. The summed E-state index contributed by atoms with van der Waals surface area (Å²) in [5, 5.41) is 9.57. The van der Waals surface area contributed by atoms with Crippen LogP contribution in [0, 0.1) is 0 Å². The van der Waals surface area contributed by atoms with E-state index in [0.29, 0.717) is 0 Å². The molecule has 0 amide bonds. The predicted molar refractivity (Wildman–Crippen MR) is 53.9 cm³/mol. The van der Waals surface area contributed by atoms with Crippen LogP contribution < -0.4 is 11.1 Å². The fourth-order valence-corrected chi connectivity index (χ4v) is 1.40. The van der Waals surface area contributed by atoms with Gasteiger partial charge < -0.3 is 9.67 Å². The summed E-state index contributed by atoms with van der Waals surface area (Å²) >= 11 is 0. The van der Waals surface area contributed by atoms with Gasteiger partial charge in [0, 0.05) is 20.2 Å². The lowest BCUT2D eigenvalue weighted by molar-refractivity contribution is 0.478. The predicted octanol–water partition coefficient (Wildman–Crippen LogP) is -0.662. The van der Waals surface area contributed by atoms with Crippen LogP contribution in [0.4, 0.5) is 0 Å². The van der Waals surface area contributed by atoms with Crippen LogP contribution in [0.3, 0.4) is 0 Å². The summed E-state index contributed by atoms with van der Waals surface area (Å²) in [4.78, 5) is 26.9. The molecular formula is C9H9N3O3. The van der Waals surface area contributed by atoms with E-state index >= 15 is 0 Å². The van der Waals surface area contributed by atoms with Crippen LogP contribution in [-0.2, 0) is 14.1 Å². The molecule has 0 bridgehead atoms. The first kappa shape index (κ1) is 9.45. The quantitative estimate of drug-likeness (QED) is 0.622. The molecule has 0 aliphatic heterocycles. The third kappa shape index (κ3) is 1.22. The Morgan fingerprint density at radius 2 is 2.00 bits per heavy atom. The van der Waals surface area contributed by atoms with Crippen LogP contribution in [0.1, 0.15) is 0 Å². The third-order valence-corrected chi connectivity index (χ3v) is 2.28. The number of rotatable bonds is 0. The third-order valence-electron chi connectivity index (χ3n) is 2.28. The van der Waals surface area contributed by atoms with Gasteiger partial charge in [0.2, 0.25) is 0 Å². The molecule has 0 aromatic carbocycles. The van der Waals surface area contributed by atoms with Gasteiger partial charge in [-0.2, -0.15) is 0 Å². The van der Waals surface area contributed by atoms with Crippen molar-refractivity contribution in [1.29, 1.82) is 0 Å². The Labute approximate surface area is 84.0 Å². The molecular weight excluding hydrogens is 198 g/mol. The van der Waals surface area contributed by atoms with Crippen molar-refractivity contribution >= 4 is 11.0 Å². The van der Waals surface area contributed by atoms with E-state index in [4.69, 9.17) is 0 Å². The molecule has 6 heteroatoms. The zero-order valence-electron chi connectivity index (χ0n) is 8.26. The van der Waals surface area contributed by atoms with Gasteiger partial charge in [-0.15, -0.1) is 0 Å². The highest BCUT2D eigenvalue weighted by atomic mass is 16.3. The molecule has 0 aliphatic carbocycles. The van der Waals surface area contributed by atoms with E-state index < -0.39 is 5.56 Å². The van der Waals surface area contributed by atoms with E-state index in [1.165, 1.54) is 29.6 Å². The number of nitrogens with zero attached hydrogens (tertiary/aromatic N) is 3. The van der Waals surface area contributed by atoms with Gasteiger partial charge >= 0.3 is 0 Å². The minimum absolute atomic E-state index is 0.0575. The highest BCUT2D eigenvalue weighted by Crippen LogP contribution is 2.15. The standard InChI is InChI=1S/C9H9N3O3/c1-11-4-10-8-7(9(11)15)5(13)3-6(14)12(8)2/h3-4,13H,1-2H3. The number of hydrogen-bond acceptors (Lipinski definition) is 4. The van der Waals surface area contributed by atoms with Crippen LogP contribution in [0.5, 0.6) is 5.75 Å². The van der Waals surface area contributed by atoms with E-state index in [1.54, 1.807) is 0 Å². The average Bonchev–Trinajstić information content (AvgIpc) is 2.18. The largest absolute Gasteiger partial charge is 0.507 e. The molecule has 0 unspecified atom stereocenters. The topological polar surface area (TPSA) is 77.1 Å². The van der Waals surface area contributed by atoms with Crippen molar-refractivity contribution in [3.63, 3.8) is 0 Å². The van der Waals surface area contributed by atoms with Gasteiger partial charge in [0.1, 0.15) is 11.1 Å². The van der Waals surface area contributed by atoms with E-state index in [2.05, 4.69) is 4.98 Å². The Bertz CT molecular complexity index is 654. The molecule has 2 rings (SSSR count). The molecule has 6 nitrogen and oxygen atoms in total. The molecule has 2 aromatic heterocycles. The fraction of sp³-hybridized carbons (Fsp3) is 0.222. The van der Waals surface area contributed by atoms with E-state index in [1.807, 2.05) is 0 Å². The smallest absolute Gasteiger partial charge is 0.266 e. The lowest BCUT2D eigenvalue weighted by atomic mass is 10.3. The Morgan fingerprint density at radius 3 is 2.67 bits per heavy atom. The zero-order chi connectivity index (χ0) is 11.2. The number of hydrogen-bond donors (Lipinski definition) is 1. The van der Waals surface area contributed by atoms with Crippen molar-refractivity contribution in [3.8, 4) is 5.75 Å². The normalized spacial score (nSPS) is 10.8. The van der Waals surface area contributed by atoms with Gasteiger partial charge in [0.05, 0.1) is 6.33 Å². The van der Waals surface area contributed by atoms with E-state index in [0.717, 1.165) is 6.07 Å². The van der Waals surface area contributed by atoms with Crippen molar-refractivity contribution in [2.24, 2.45) is 14.1 Å². The summed E-state index contributed by atoms with van der Waals surface area (Å²) in [6.07, 6.45) is 1.31. The van der Waals surface area contributed by atoms with Crippen molar-refractivity contribution in [2.75, 3.05) is 0 Å². The second-order valence-electron chi connectivity index (χ2n) is 3.29. The maximum Gasteiger partial charge on any atom is 0.266 e. The summed E-state index contributed by atoms with van der Waals surface area (Å²) in [6, 6.07) is 1.01. The lowest BCUT2D eigenvalue weighted by Gasteiger charge is -2.05. The first-order chi connectivity index (χ1) is 7.02. The zero-order valence-corrected chi connectivity index (χ0v) is 8.26. The van der Waals surface area contributed by atoms with Crippen LogP contribution >= 0.6 is 0 Å². The minimum Gasteiger partial charge on any atom is -0.507 e. The SMILES string of the molecule is Cn1cnc2c(c(O)cc(=O)n2C)c1=O. The van der Waals surface area contributed by atoms with Gasteiger partial charge in [-0.25, -0.2) is 4.98 Å². The van der Waals surface area contributed by atoms with Crippen molar-refractivity contribution in [3.05, 3.63) is 33.1 Å². The van der Waals surface area contributed by atoms with E-state index in [9.17, 15) is 14.7 Å². The Kier molecular flexibility index (Phi) is 1.85. The maximum atomic E-state index is 11.7. The lowest BCUT2D eigenvalue weighted by Crippen LogP contribution is -2.23. The van der Waals surface area contributed by atoms with Gasteiger partial charge in [-0.1, -0.05) is 0 Å². The maximum absolute atomic E-state index is 11.7. The average molecular weight is 207 g/mol. The van der Waals surface area contributed by atoms with Crippen LogP contribution in [-0.4, -0.2) is 19.2 Å². The molecule has 15 heavy (non-hydrogen) atoms. The van der Waals surface area contributed by atoms with Crippen LogP contribution in [0.25, 0.3) is 11.0 Å². The van der Waals surface area contributed by atoms with Crippen LogP contribution in [0.15, 0.2) is 22.0 Å². The molecule has 0 radical (unpaired) electrons. The fourth-order valence-electron chi connectivity index (χ4n) is 1.40. The Morgan fingerprint density at radius 1 is 1.33 bits per heavy atom. The number of aromatic hydroxyl groups is 1. The molecule has 0 spiro atoms. The molecule has 2 heterocycles. The summed E-state index contributed by atoms with van der Waals surface area (Å²) < 4.78 is 2.46. The highest BCUT2D eigenvalue weighted by Gasteiger charge is 2.11. The second kappa shape index (κ2) is 2.94. The van der Waals surface area contributed by atoms with Crippen LogP contribution in [0.2, 0.25) is 0 Å². The molecule has 0 fully saturated rings. The number of pyridine rings is 1. The summed E-state index contributed by atoms with van der Waals surface area (Å²) in [6.45, 7) is 0. The van der Waals surface area contributed by atoms with E-state index in [-0.39, 0.29) is 22.3 Å². The molecule has 0 saturated carbocycles. The molecule has 0 atom stereocenters. The molecule has 1 N–H and O–H groups in total. The second-order valence-corrected chi connectivity index (χ2v) is 3.29. The van der Waals surface area contributed by atoms with Gasteiger partial charge in [-0.05, 0) is 0 Å². The summed E-state index contributed by atoms with van der Waals surface area (Å²) in [5.41, 5.74) is -0.600. The number of aromatic nitrogens is 3. The van der Waals surface area contributed by atoms with Gasteiger partial charge in [0.25, 0.3) is 11.1 Å². The highest BCUT2D eigenvalue weighted by molar-refractivity contribution is 5.80. The van der Waals surface area contributed by atoms with Gasteiger partial charge in [-0.3, -0.25) is 14.2 Å². The number of fused-ring (bicyclic) bond motifs is 1. The van der Waals surface area contributed by atoms with Gasteiger partial charge in [0.15, 0.2) is 5.65 Å². The minimum atomic E-state index is -0.402. The first-order valence-electron chi connectivity index (χ1n) is 4.26. The summed E-state index contributed by atoms with van der Waals surface area (Å²) in [5.74, 6) is -0.332. The summed E-state index contributed by atoms with van der Waals surface area (Å²) in [7, 11) is 3.02. The molecule has 2 aromatic rings. The Balaban J connectivity index is 3.17. The monoisotopic (exact) mass is 207 g/mol. The van der Waals surface area contributed by atoms with Crippen molar-refractivity contribution in [2.45, 2.75) is 0 Å².